The van der Waals surface area contributed by atoms with Gasteiger partial charge in [-0.15, -0.1) is 5.10 Å². The van der Waals surface area contributed by atoms with Crippen LogP contribution in [-0.2, 0) is 27.5 Å². The molecule has 0 radical (unpaired) electrons. The molecule has 0 bridgehead atoms. The van der Waals surface area contributed by atoms with Crippen molar-refractivity contribution in [3.05, 3.63) is 59.9 Å². The summed E-state index contributed by atoms with van der Waals surface area (Å²) in [7, 11) is 0. The number of hydrogen-bond acceptors (Lipinski definition) is 7. The largest absolute Gasteiger partial charge is 0.324 e. The number of H-pyrrole nitrogens is 1. The predicted octanol–water partition coefficient (Wildman–Crippen LogP) is 1.22. The molecule has 1 atom stereocenters. The number of imide groups is 1. The standard InChI is InChI=1S/C24H20N8O4/c33-21-7-6-20(23(35)27-21)32-10-16-15(24(32)36)2-1-3-17(16)26-22(34)12-31-11-19(29-30-31)13-4-5-14-9-25-28-18(14)8-13/h1-5,8-9,11,20H,6-7,10,12H2,(H,25,28)(H,26,34)(H,27,33,35). The number of piperidine rings is 1. The number of aromatic nitrogens is 5. The fraction of sp³-hybridized carbons (Fsp3) is 0.208. The van der Waals surface area contributed by atoms with Gasteiger partial charge in [-0.2, -0.15) is 5.10 Å². The van der Waals surface area contributed by atoms with Gasteiger partial charge in [0.15, 0.2) is 0 Å². The molecular formula is C24H20N8O4. The molecule has 2 aromatic heterocycles. The molecule has 6 rings (SSSR count). The number of nitrogens with zero attached hydrogens (tertiary/aromatic N) is 5. The zero-order valence-corrected chi connectivity index (χ0v) is 18.9. The van der Waals surface area contributed by atoms with Gasteiger partial charge in [-0.05, 0) is 24.6 Å². The molecule has 0 spiro atoms. The number of carbonyl (C=O) groups excluding carboxylic acids is 4. The van der Waals surface area contributed by atoms with E-state index in [2.05, 4.69) is 31.1 Å². The monoisotopic (exact) mass is 484 g/mol. The van der Waals surface area contributed by atoms with Gasteiger partial charge in [0.1, 0.15) is 18.3 Å². The highest BCUT2D eigenvalue weighted by atomic mass is 16.2. The zero-order valence-electron chi connectivity index (χ0n) is 18.9. The summed E-state index contributed by atoms with van der Waals surface area (Å²) in [6.45, 7) is 0.0915. The molecule has 12 nitrogen and oxygen atoms in total. The number of anilines is 1. The molecule has 1 saturated heterocycles. The highest BCUT2D eigenvalue weighted by Crippen LogP contribution is 2.32. The van der Waals surface area contributed by atoms with E-state index in [0.29, 0.717) is 22.5 Å². The van der Waals surface area contributed by atoms with Crippen LogP contribution in [0.25, 0.3) is 22.2 Å². The molecule has 2 aromatic carbocycles. The third-order valence-electron chi connectivity index (χ3n) is 6.44. The molecule has 3 N–H and O–H groups in total. The fourth-order valence-electron chi connectivity index (χ4n) is 4.64. The maximum absolute atomic E-state index is 13.0. The first-order valence-electron chi connectivity index (χ1n) is 11.4. The Hall–Kier alpha value is -4.87. The van der Waals surface area contributed by atoms with Crippen LogP contribution in [-0.4, -0.2) is 59.8 Å². The molecule has 0 aliphatic carbocycles. The topological polar surface area (TPSA) is 155 Å². The molecule has 4 heterocycles. The minimum atomic E-state index is -0.722. The van der Waals surface area contributed by atoms with Gasteiger partial charge in [0.25, 0.3) is 5.91 Å². The molecule has 36 heavy (non-hydrogen) atoms. The Morgan fingerprint density at radius 3 is 2.92 bits per heavy atom. The van der Waals surface area contributed by atoms with Crippen molar-refractivity contribution >= 4 is 40.2 Å². The summed E-state index contributed by atoms with van der Waals surface area (Å²) in [5, 5.41) is 21.3. The van der Waals surface area contributed by atoms with E-state index < -0.39 is 11.9 Å². The molecule has 1 unspecified atom stereocenters. The molecule has 0 saturated carbocycles. The van der Waals surface area contributed by atoms with E-state index in [1.54, 1.807) is 30.6 Å². The summed E-state index contributed by atoms with van der Waals surface area (Å²) in [5.74, 6) is -1.46. The van der Waals surface area contributed by atoms with Gasteiger partial charge in [0, 0.05) is 40.7 Å². The third kappa shape index (κ3) is 3.78. The molecule has 1 fully saturated rings. The predicted molar refractivity (Wildman–Crippen MR) is 126 cm³/mol. The number of benzene rings is 2. The minimum Gasteiger partial charge on any atom is -0.324 e. The lowest BCUT2D eigenvalue weighted by Gasteiger charge is -2.29. The van der Waals surface area contributed by atoms with Crippen LogP contribution >= 0.6 is 0 Å². The quantitative estimate of drug-likeness (QED) is 0.360. The number of carbonyl (C=O) groups is 4. The lowest BCUT2D eigenvalue weighted by molar-refractivity contribution is -0.137. The fourth-order valence-corrected chi connectivity index (χ4v) is 4.64. The van der Waals surface area contributed by atoms with Crippen LogP contribution in [0.3, 0.4) is 0 Å². The van der Waals surface area contributed by atoms with Crippen LogP contribution < -0.4 is 10.6 Å². The van der Waals surface area contributed by atoms with Crippen molar-refractivity contribution in [1.29, 1.82) is 0 Å². The van der Waals surface area contributed by atoms with Crippen LogP contribution in [0.2, 0.25) is 0 Å². The highest BCUT2D eigenvalue weighted by molar-refractivity contribution is 6.06. The van der Waals surface area contributed by atoms with Gasteiger partial charge in [-0.25, -0.2) is 4.68 Å². The SMILES string of the molecule is O=C1CCC(N2Cc3c(NC(=O)Cn4cc(-c5ccc6cn[nH]c6c5)nn4)cccc3C2=O)C(=O)N1. The second-order valence-corrected chi connectivity index (χ2v) is 8.75. The van der Waals surface area contributed by atoms with Crippen molar-refractivity contribution in [2.24, 2.45) is 0 Å². The number of aromatic amines is 1. The summed E-state index contributed by atoms with van der Waals surface area (Å²) in [5.41, 5.74) is 3.88. The summed E-state index contributed by atoms with van der Waals surface area (Å²) in [6.07, 6.45) is 3.86. The Morgan fingerprint density at radius 1 is 1.17 bits per heavy atom. The number of hydrogen-bond donors (Lipinski definition) is 3. The molecule has 12 heteroatoms. The number of rotatable bonds is 5. The normalized spacial score (nSPS) is 17.4. The molecule has 4 amide bonds. The van der Waals surface area contributed by atoms with Crippen molar-refractivity contribution in [2.75, 3.05) is 5.32 Å². The van der Waals surface area contributed by atoms with E-state index >= 15 is 0 Å². The molecule has 2 aliphatic heterocycles. The maximum atomic E-state index is 13.0. The lowest BCUT2D eigenvalue weighted by atomic mass is 10.0. The smallest absolute Gasteiger partial charge is 0.255 e. The van der Waals surface area contributed by atoms with Gasteiger partial charge in [-0.3, -0.25) is 29.6 Å². The van der Waals surface area contributed by atoms with Crippen molar-refractivity contribution in [3.63, 3.8) is 0 Å². The van der Waals surface area contributed by atoms with Crippen LogP contribution in [0.15, 0.2) is 48.8 Å². The summed E-state index contributed by atoms with van der Waals surface area (Å²) >= 11 is 0. The average Bonchev–Trinajstić information content (AvgIpc) is 3.59. The van der Waals surface area contributed by atoms with Gasteiger partial charge < -0.3 is 10.2 Å². The van der Waals surface area contributed by atoms with Crippen molar-refractivity contribution < 1.29 is 19.2 Å². The van der Waals surface area contributed by atoms with Gasteiger partial charge in [-0.1, -0.05) is 23.4 Å². The van der Waals surface area contributed by atoms with Crippen LogP contribution in [0.5, 0.6) is 0 Å². The summed E-state index contributed by atoms with van der Waals surface area (Å²) in [4.78, 5) is 51.0. The Bertz CT molecular complexity index is 1550. The number of amides is 4. The van der Waals surface area contributed by atoms with E-state index in [-0.39, 0.29) is 43.7 Å². The van der Waals surface area contributed by atoms with Crippen molar-refractivity contribution in [2.45, 2.75) is 32.0 Å². The second kappa shape index (κ2) is 8.41. The van der Waals surface area contributed by atoms with E-state index in [1.807, 2.05) is 18.2 Å². The van der Waals surface area contributed by atoms with Crippen molar-refractivity contribution in [1.82, 2.24) is 35.4 Å². The maximum Gasteiger partial charge on any atom is 0.255 e. The second-order valence-electron chi connectivity index (χ2n) is 8.75. The summed E-state index contributed by atoms with van der Waals surface area (Å²) < 4.78 is 1.44. The Balaban J connectivity index is 1.16. The Labute approximate surface area is 203 Å². The van der Waals surface area contributed by atoms with Crippen LogP contribution in [0, 0.1) is 0 Å². The van der Waals surface area contributed by atoms with Gasteiger partial charge in [0.2, 0.25) is 17.7 Å². The van der Waals surface area contributed by atoms with E-state index in [1.165, 1.54) is 9.58 Å². The van der Waals surface area contributed by atoms with E-state index in [4.69, 9.17) is 0 Å². The first-order valence-corrected chi connectivity index (χ1v) is 11.4. The van der Waals surface area contributed by atoms with Crippen LogP contribution in [0.4, 0.5) is 5.69 Å². The highest BCUT2D eigenvalue weighted by Gasteiger charge is 2.39. The van der Waals surface area contributed by atoms with Gasteiger partial charge >= 0.3 is 0 Å². The Kier molecular flexibility index (Phi) is 5.06. The molecular weight excluding hydrogens is 464 g/mol. The molecule has 180 valence electrons. The molecule has 4 aromatic rings. The van der Waals surface area contributed by atoms with E-state index in [9.17, 15) is 19.2 Å². The first kappa shape index (κ1) is 21.6. The first-order chi connectivity index (χ1) is 17.5. The third-order valence-corrected chi connectivity index (χ3v) is 6.44. The lowest BCUT2D eigenvalue weighted by Crippen LogP contribution is -2.52. The minimum absolute atomic E-state index is 0.0756. The summed E-state index contributed by atoms with van der Waals surface area (Å²) in [6, 6.07) is 10.1. The van der Waals surface area contributed by atoms with E-state index in [0.717, 1.165) is 16.5 Å². The zero-order chi connectivity index (χ0) is 24.8. The number of fused-ring (bicyclic) bond motifs is 2. The number of nitrogens with one attached hydrogen (secondary N) is 3. The average molecular weight is 484 g/mol. The van der Waals surface area contributed by atoms with Crippen LogP contribution in [0.1, 0.15) is 28.8 Å². The van der Waals surface area contributed by atoms with Crippen molar-refractivity contribution in [3.8, 4) is 11.3 Å². The molecule has 2 aliphatic rings. The van der Waals surface area contributed by atoms with Gasteiger partial charge in [0.05, 0.1) is 17.9 Å². The Morgan fingerprint density at radius 2 is 2.06 bits per heavy atom.